The standard InChI is InChI=1S/C22H31N3O2/c1-3-13-26-18-9-6-5-8-16(18)15-24-21(23-4-2)25-19-17-10-14-27-20(17)22(19)11-7-12-22/h3,5-6,8-9,17,19-20H,1,4,7,10-15H2,2H3,(H2,23,24,25). The van der Waals surface area contributed by atoms with Gasteiger partial charge in [0.15, 0.2) is 5.96 Å². The van der Waals surface area contributed by atoms with Crippen LogP contribution >= 0.6 is 0 Å². The van der Waals surface area contributed by atoms with E-state index in [1.807, 2.05) is 18.2 Å². The molecule has 0 amide bonds. The van der Waals surface area contributed by atoms with Crippen molar-refractivity contribution in [3.05, 3.63) is 42.5 Å². The Kier molecular flexibility index (Phi) is 5.39. The van der Waals surface area contributed by atoms with E-state index in [2.05, 4.69) is 30.2 Å². The van der Waals surface area contributed by atoms with Crippen LogP contribution < -0.4 is 15.4 Å². The molecule has 1 aromatic carbocycles. The van der Waals surface area contributed by atoms with Gasteiger partial charge in [0.1, 0.15) is 12.4 Å². The fourth-order valence-electron chi connectivity index (χ4n) is 5.01. The maximum atomic E-state index is 6.04. The molecule has 5 heteroatoms. The average molecular weight is 370 g/mol. The van der Waals surface area contributed by atoms with Gasteiger partial charge < -0.3 is 20.1 Å². The Balaban J connectivity index is 1.46. The molecule has 3 aliphatic rings. The molecule has 0 bridgehead atoms. The molecule has 3 atom stereocenters. The number of nitrogens with one attached hydrogen (secondary N) is 2. The molecule has 2 N–H and O–H groups in total. The molecule has 1 saturated heterocycles. The monoisotopic (exact) mass is 369 g/mol. The minimum Gasteiger partial charge on any atom is -0.489 e. The van der Waals surface area contributed by atoms with E-state index in [4.69, 9.17) is 14.5 Å². The summed E-state index contributed by atoms with van der Waals surface area (Å²) in [6.45, 7) is 8.70. The van der Waals surface area contributed by atoms with Gasteiger partial charge in [0, 0.05) is 36.1 Å². The molecular formula is C22H31N3O2. The molecule has 3 unspecified atom stereocenters. The summed E-state index contributed by atoms with van der Waals surface area (Å²) in [5.74, 6) is 2.41. The van der Waals surface area contributed by atoms with E-state index in [1.54, 1.807) is 6.08 Å². The van der Waals surface area contributed by atoms with E-state index in [1.165, 1.54) is 25.7 Å². The average Bonchev–Trinajstić information content (AvgIpc) is 3.06. The molecule has 0 radical (unpaired) electrons. The zero-order chi connectivity index (χ0) is 18.7. The van der Waals surface area contributed by atoms with E-state index in [9.17, 15) is 0 Å². The second kappa shape index (κ2) is 7.93. The lowest BCUT2D eigenvalue weighted by Gasteiger charge is -2.63. The number of hydrogen-bond acceptors (Lipinski definition) is 3. The first-order chi connectivity index (χ1) is 13.3. The highest BCUT2D eigenvalue weighted by molar-refractivity contribution is 5.80. The van der Waals surface area contributed by atoms with Gasteiger partial charge in [-0.15, -0.1) is 0 Å². The highest BCUT2D eigenvalue weighted by atomic mass is 16.5. The Bertz CT molecular complexity index is 699. The summed E-state index contributed by atoms with van der Waals surface area (Å²) in [5, 5.41) is 7.17. The lowest BCUT2D eigenvalue weighted by Crippen LogP contribution is -2.72. The summed E-state index contributed by atoms with van der Waals surface area (Å²) in [7, 11) is 0. The molecule has 1 aliphatic heterocycles. The molecule has 0 aromatic heterocycles. The maximum absolute atomic E-state index is 6.04. The van der Waals surface area contributed by atoms with Crippen LogP contribution in [0.3, 0.4) is 0 Å². The van der Waals surface area contributed by atoms with Gasteiger partial charge in [0.2, 0.25) is 0 Å². The van der Waals surface area contributed by atoms with Crippen LogP contribution in [0.25, 0.3) is 0 Å². The Morgan fingerprint density at radius 2 is 2.26 bits per heavy atom. The van der Waals surface area contributed by atoms with Crippen molar-refractivity contribution in [1.29, 1.82) is 0 Å². The minimum atomic E-state index is 0.350. The van der Waals surface area contributed by atoms with Crippen LogP contribution in [-0.4, -0.2) is 37.9 Å². The molecule has 146 valence electrons. The highest BCUT2D eigenvalue weighted by Gasteiger charge is 2.66. The van der Waals surface area contributed by atoms with Gasteiger partial charge >= 0.3 is 0 Å². The van der Waals surface area contributed by atoms with Gasteiger partial charge in [0.05, 0.1) is 12.6 Å². The Morgan fingerprint density at radius 1 is 1.41 bits per heavy atom. The zero-order valence-electron chi connectivity index (χ0n) is 16.2. The second-order valence-electron chi connectivity index (χ2n) is 7.86. The fourth-order valence-corrected chi connectivity index (χ4v) is 5.01. The van der Waals surface area contributed by atoms with Crippen LogP contribution in [0.2, 0.25) is 0 Å². The lowest BCUT2D eigenvalue weighted by atomic mass is 9.46. The number of para-hydroxylation sites is 1. The van der Waals surface area contributed by atoms with Crippen molar-refractivity contribution in [2.24, 2.45) is 16.3 Å². The first-order valence-corrected chi connectivity index (χ1v) is 10.3. The van der Waals surface area contributed by atoms with E-state index in [-0.39, 0.29) is 0 Å². The molecule has 1 aromatic rings. The Hall–Kier alpha value is -2.01. The smallest absolute Gasteiger partial charge is 0.191 e. The first kappa shape index (κ1) is 18.4. The number of fused-ring (bicyclic) bond motifs is 2. The third kappa shape index (κ3) is 3.33. The van der Waals surface area contributed by atoms with E-state index < -0.39 is 0 Å². The molecule has 1 spiro atoms. The van der Waals surface area contributed by atoms with E-state index in [0.717, 1.165) is 30.4 Å². The van der Waals surface area contributed by atoms with Crippen molar-refractivity contribution in [2.75, 3.05) is 19.8 Å². The number of benzene rings is 1. The van der Waals surface area contributed by atoms with Gasteiger partial charge in [-0.05, 0) is 32.3 Å². The number of ether oxygens (including phenoxy) is 2. The predicted molar refractivity (Wildman–Crippen MR) is 108 cm³/mol. The number of nitrogens with zero attached hydrogens (tertiary/aromatic N) is 1. The number of hydrogen-bond donors (Lipinski definition) is 2. The Labute approximate surface area is 162 Å². The first-order valence-electron chi connectivity index (χ1n) is 10.3. The zero-order valence-corrected chi connectivity index (χ0v) is 16.2. The third-order valence-corrected chi connectivity index (χ3v) is 6.41. The molecule has 27 heavy (non-hydrogen) atoms. The van der Waals surface area contributed by atoms with Crippen LogP contribution in [0.1, 0.15) is 38.2 Å². The van der Waals surface area contributed by atoms with Gasteiger partial charge in [0.25, 0.3) is 0 Å². The molecule has 2 aliphatic carbocycles. The van der Waals surface area contributed by atoms with Crippen LogP contribution in [0.4, 0.5) is 0 Å². The topological polar surface area (TPSA) is 54.9 Å². The third-order valence-electron chi connectivity index (χ3n) is 6.41. The SMILES string of the molecule is C=CCOc1ccccc1CN=C(NCC)NC1C2CCOC2C12CCC2. The summed E-state index contributed by atoms with van der Waals surface area (Å²) in [6, 6.07) is 8.57. The molecular weight excluding hydrogens is 338 g/mol. The minimum absolute atomic E-state index is 0.350. The van der Waals surface area contributed by atoms with E-state index in [0.29, 0.717) is 36.6 Å². The van der Waals surface area contributed by atoms with Gasteiger partial charge in [-0.3, -0.25) is 0 Å². The molecule has 2 saturated carbocycles. The van der Waals surface area contributed by atoms with Crippen molar-refractivity contribution in [2.45, 2.75) is 51.3 Å². The summed E-state index contributed by atoms with van der Waals surface area (Å²) in [4.78, 5) is 4.86. The normalized spacial score (nSPS) is 28.0. The van der Waals surface area contributed by atoms with Crippen molar-refractivity contribution in [3.63, 3.8) is 0 Å². The van der Waals surface area contributed by atoms with Crippen molar-refractivity contribution in [3.8, 4) is 5.75 Å². The second-order valence-corrected chi connectivity index (χ2v) is 7.86. The fraction of sp³-hybridized carbons (Fsp3) is 0.591. The highest BCUT2D eigenvalue weighted by Crippen LogP contribution is 2.62. The summed E-state index contributed by atoms with van der Waals surface area (Å²) < 4.78 is 11.8. The molecule has 1 heterocycles. The largest absolute Gasteiger partial charge is 0.489 e. The lowest BCUT2D eigenvalue weighted by molar-refractivity contribution is -0.171. The van der Waals surface area contributed by atoms with Crippen molar-refractivity contribution in [1.82, 2.24) is 10.6 Å². The number of aliphatic imine (C=N–C) groups is 1. The molecule has 4 rings (SSSR count). The summed E-state index contributed by atoms with van der Waals surface area (Å²) in [6.07, 6.45) is 7.29. The molecule has 5 nitrogen and oxygen atoms in total. The Morgan fingerprint density at radius 3 is 3.00 bits per heavy atom. The number of guanidine groups is 1. The summed E-state index contributed by atoms with van der Waals surface area (Å²) in [5.41, 5.74) is 1.44. The molecule has 3 fully saturated rings. The maximum Gasteiger partial charge on any atom is 0.191 e. The van der Waals surface area contributed by atoms with Gasteiger partial charge in [-0.25, -0.2) is 4.99 Å². The summed E-state index contributed by atoms with van der Waals surface area (Å²) >= 11 is 0. The quantitative estimate of drug-likeness (QED) is 0.440. The van der Waals surface area contributed by atoms with Crippen LogP contribution in [0.15, 0.2) is 41.9 Å². The van der Waals surface area contributed by atoms with Gasteiger partial charge in [-0.1, -0.05) is 37.3 Å². The van der Waals surface area contributed by atoms with Crippen LogP contribution in [0.5, 0.6) is 5.75 Å². The van der Waals surface area contributed by atoms with E-state index >= 15 is 0 Å². The predicted octanol–water partition coefficient (Wildman–Crippen LogP) is 3.26. The van der Waals surface area contributed by atoms with Crippen LogP contribution in [0, 0.1) is 11.3 Å². The number of rotatable bonds is 7. The van der Waals surface area contributed by atoms with Gasteiger partial charge in [-0.2, -0.15) is 0 Å². The van der Waals surface area contributed by atoms with Crippen LogP contribution in [-0.2, 0) is 11.3 Å². The van der Waals surface area contributed by atoms with Crippen molar-refractivity contribution < 1.29 is 9.47 Å². The van der Waals surface area contributed by atoms with Crippen molar-refractivity contribution >= 4 is 5.96 Å².